The quantitative estimate of drug-likeness (QED) is 0.382. The first-order valence-electron chi connectivity index (χ1n) is 2.46. The van der Waals surface area contributed by atoms with Crippen LogP contribution in [0.25, 0.3) is 0 Å². The Morgan fingerprint density at radius 2 is 2.38 bits per heavy atom. The molecule has 42 valence electrons. The number of aryl methyl sites for hydroxylation is 1. The van der Waals surface area contributed by atoms with Crippen molar-refractivity contribution in [2.45, 2.75) is 6.92 Å². The van der Waals surface area contributed by atoms with Crippen LogP contribution in [0, 0.1) is 6.92 Å². The van der Waals surface area contributed by atoms with E-state index in [0.717, 1.165) is 10.3 Å². The van der Waals surface area contributed by atoms with Gasteiger partial charge >= 0.3 is 0 Å². The van der Waals surface area contributed by atoms with Crippen molar-refractivity contribution in [3.8, 4) is 0 Å². The van der Waals surface area contributed by atoms with Gasteiger partial charge in [-0.05, 0) is 13.0 Å². The number of rotatable bonds is 0. The lowest BCUT2D eigenvalue weighted by Gasteiger charge is -1.82. The zero-order chi connectivity index (χ0) is 5.98. The summed E-state index contributed by atoms with van der Waals surface area (Å²) in [7, 11) is 0. The number of hydrogen-bond donors (Lipinski definition) is 1. The average Bonchev–Trinajstić information content (AvgIpc) is 1.64. The summed E-state index contributed by atoms with van der Waals surface area (Å²) in [5.74, 6) is 0. The molecule has 0 saturated heterocycles. The van der Waals surface area contributed by atoms with Crippen molar-refractivity contribution in [1.29, 1.82) is 0 Å². The molecular formula is C6H8NO+. The first-order valence-corrected chi connectivity index (χ1v) is 2.46. The van der Waals surface area contributed by atoms with Gasteiger partial charge in [0, 0.05) is 16.4 Å². The van der Waals surface area contributed by atoms with Crippen molar-refractivity contribution in [1.82, 2.24) is 0 Å². The standard InChI is InChI=1S/C6H8NO/c1-6-3-2-4-7(8)5-6/h2-5,8H,1H3/q+1. The molecule has 0 aliphatic rings. The lowest BCUT2D eigenvalue weighted by atomic mass is 10.3. The number of pyridine rings is 1. The Kier molecular flexibility index (Phi) is 1.16. The van der Waals surface area contributed by atoms with Crippen LogP contribution in [-0.4, -0.2) is 5.21 Å². The summed E-state index contributed by atoms with van der Waals surface area (Å²) < 4.78 is 1.04. The second-order valence-electron chi connectivity index (χ2n) is 1.76. The third-order valence-electron chi connectivity index (χ3n) is 0.934. The first kappa shape index (κ1) is 5.09. The molecule has 0 unspecified atom stereocenters. The Morgan fingerprint density at radius 3 is 2.75 bits per heavy atom. The molecule has 1 rings (SSSR count). The van der Waals surface area contributed by atoms with Gasteiger partial charge < -0.3 is 0 Å². The Bertz CT molecular complexity index is 168. The van der Waals surface area contributed by atoms with Gasteiger partial charge in [0.05, 0.1) is 0 Å². The monoisotopic (exact) mass is 110 g/mol. The van der Waals surface area contributed by atoms with Crippen LogP contribution in [0.15, 0.2) is 24.5 Å². The molecular weight excluding hydrogens is 102 g/mol. The van der Waals surface area contributed by atoms with Crippen molar-refractivity contribution in [2.75, 3.05) is 0 Å². The zero-order valence-electron chi connectivity index (χ0n) is 4.70. The molecule has 0 aliphatic carbocycles. The van der Waals surface area contributed by atoms with Gasteiger partial charge in [0.2, 0.25) is 12.4 Å². The Hall–Kier alpha value is -1.05. The molecule has 0 radical (unpaired) electrons. The maximum atomic E-state index is 8.73. The average molecular weight is 110 g/mol. The molecule has 0 amide bonds. The third kappa shape index (κ3) is 0.964. The molecule has 8 heavy (non-hydrogen) atoms. The van der Waals surface area contributed by atoms with E-state index in [9.17, 15) is 0 Å². The summed E-state index contributed by atoms with van der Waals surface area (Å²) in [6.07, 6.45) is 3.22. The molecule has 1 aromatic rings. The Balaban J connectivity index is 3.08. The van der Waals surface area contributed by atoms with E-state index >= 15 is 0 Å². The number of aromatic nitrogens is 1. The second kappa shape index (κ2) is 1.82. The maximum Gasteiger partial charge on any atom is 0.225 e. The Morgan fingerprint density at radius 1 is 1.62 bits per heavy atom. The van der Waals surface area contributed by atoms with Crippen molar-refractivity contribution in [2.24, 2.45) is 0 Å². The van der Waals surface area contributed by atoms with Gasteiger partial charge in [0.25, 0.3) is 0 Å². The fourth-order valence-corrected chi connectivity index (χ4v) is 0.578. The molecule has 2 nitrogen and oxygen atoms in total. The van der Waals surface area contributed by atoms with Crippen LogP contribution in [0.2, 0.25) is 0 Å². The zero-order valence-corrected chi connectivity index (χ0v) is 4.70. The van der Waals surface area contributed by atoms with E-state index in [0.29, 0.717) is 0 Å². The predicted octanol–water partition coefficient (Wildman–Crippen LogP) is 0.520. The fraction of sp³-hybridized carbons (Fsp3) is 0.167. The van der Waals surface area contributed by atoms with Crippen LogP contribution in [-0.2, 0) is 0 Å². The number of nitrogens with zero attached hydrogens (tertiary/aromatic N) is 1. The molecule has 0 saturated carbocycles. The van der Waals surface area contributed by atoms with Crippen LogP contribution in [0.1, 0.15) is 5.56 Å². The van der Waals surface area contributed by atoms with Crippen LogP contribution in [0.5, 0.6) is 0 Å². The molecule has 0 spiro atoms. The summed E-state index contributed by atoms with van der Waals surface area (Å²) >= 11 is 0. The minimum atomic E-state index is 1.04. The Labute approximate surface area is 48.0 Å². The third-order valence-corrected chi connectivity index (χ3v) is 0.934. The van der Waals surface area contributed by atoms with Gasteiger partial charge in [0.1, 0.15) is 0 Å². The maximum absolute atomic E-state index is 8.73. The summed E-state index contributed by atoms with van der Waals surface area (Å²) in [4.78, 5) is 0. The molecule has 0 aliphatic heterocycles. The lowest BCUT2D eigenvalue weighted by molar-refractivity contribution is -0.905. The molecule has 1 N–H and O–H groups in total. The fourth-order valence-electron chi connectivity index (χ4n) is 0.578. The highest BCUT2D eigenvalue weighted by molar-refractivity contribution is 5.00. The largest absolute Gasteiger partial charge is 0.285 e. The van der Waals surface area contributed by atoms with E-state index in [1.165, 1.54) is 0 Å². The summed E-state index contributed by atoms with van der Waals surface area (Å²) in [6, 6.07) is 3.71. The molecule has 1 heterocycles. The minimum absolute atomic E-state index is 1.04. The lowest BCUT2D eigenvalue weighted by Crippen LogP contribution is -2.28. The highest BCUT2D eigenvalue weighted by Crippen LogP contribution is 1.86. The SMILES string of the molecule is Cc1ccc[n+](O)c1. The minimum Gasteiger partial charge on any atom is -0.285 e. The van der Waals surface area contributed by atoms with Gasteiger partial charge in [-0.15, -0.1) is 0 Å². The molecule has 2 heteroatoms. The van der Waals surface area contributed by atoms with Crippen molar-refractivity contribution < 1.29 is 9.94 Å². The van der Waals surface area contributed by atoms with E-state index < -0.39 is 0 Å². The molecule has 0 aromatic carbocycles. The predicted molar refractivity (Wildman–Crippen MR) is 28.6 cm³/mol. The van der Waals surface area contributed by atoms with Crippen molar-refractivity contribution >= 4 is 0 Å². The van der Waals surface area contributed by atoms with Gasteiger partial charge in [-0.1, -0.05) is 0 Å². The highest BCUT2D eigenvalue weighted by atomic mass is 16.5. The van der Waals surface area contributed by atoms with E-state index in [4.69, 9.17) is 5.21 Å². The van der Waals surface area contributed by atoms with E-state index in [1.54, 1.807) is 18.5 Å². The van der Waals surface area contributed by atoms with E-state index in [1.807, 2.05) is 13.0 Å². The smallest absolute Gasteiger partial charge is 0.225 e. The van der Waals surface area contributed by atoms with Gasteiger partial charge in [-0.25, -0.2) is 0 Å². The van der Waals surface area contributed by atoms with Crippen LogP contribution in [0.4, 0.5) is 0 Å². The molecule has 0 fully saturated rings. The summed E-state index contributed by atoms with van der Waals surface area (Å²) in [5, 5.41) is 8.73. The second-order valence-corrected chi connectivity index (χ2v) is 1.76. The summed E-state index contributed by atoms with van der Waals surface area (Å²) in [6.45, 7) is 1.92. The van der Waals surface area contributed by atoms with Crippen molar-refractivity contribution in [3.05, 3.63) is 30.1 Å². The normalized spacial score (nSPS) is 9.12. The van der Waals surface area contributed by atoms with Gasteiger partial charge in [-0.3, -0.25) is 5.21 Å². The van der Waals surface area contributed by atoms with Crippen LogP contribution >= 0.6 is 0 Å². The molecule has 0 bridgehead atoms. The van der Waals surface area contributed by atoms with Gasteiger partial charge in [-0.2, -0.15) is 0 Å². The molecule has 0 atom stereocenters. The van der Waals surface area contributed by atoms with E-state index in [-0.39, 0.29) is 0 Å². The topological polar surface area (TPSA) is 24.1 Å². The van der Waals surface area contributed by atoms with E-state index in [2.05, 4.69) is 0 Å². The summed E-state index contributed by atoms with van der Waals surface area (Å²) in [5.41, 5.74) is 1.05. The number of hydrogen-bond acceptors (Lipinski definition) is 1. The van der Waals surface area contributed by atoms with Gasteiger partial charge in [0.15, 0.2) is 0 Å². The highest BCUT2D eigenvalue weighted by Gasteiger charge is 1.90. The van der Waals surface area contributed by atoms with Crippen LogP contribution in [0.3, 0.4) is 0 Å². The molecule has 1 aromatic heterocycles. The van der Waals surface area contributed by atoms with Crippen LogP contribution < -0.4 is 4.73 Å². The first-order chi connectivity index (χ1) is 3.79. The van der Waals surface area contributed by atoms with Crippen molar-refractivity contribution in [3.63, 3.8) is 0 Å².